The van der Waals surface area contributed by atoms with Gasteiger partial charge in [0.2, 0.25) is 5.91 Å². The fourth-order valence-corrected chi connectivity index (χ4v) is 3.61. The van der Waals surface area contributed by atoms with Crippen molar-refractivity contribution >= 4 is 5.91 Å². The van der Waals surface area contributed by atoms with Crippen LogP contribution in [0.3, 0.4) is 0 Å². The lowest BCUT2D eigenvalue weighted by molar-refractivity contribution is -0.137. The maximum atomic E-state index is 13.8. The van der Waals surface area contributed by atoms with Crippen molar-refractivity contribution in [3.63, 3.8) is 0 Å². The molecule has 1 unspecified atom stereocenters. The van der Waals surface area contributed by atoms with Gasteiger partial charge in [0.05, 0.1) is 5.41 Å². The van der Waals surface area contributed by atoms with Gasteiger partial charge in [0, 0.05) is 13.1 Å². The standard InChI is InChI=1S/C23H32N2O2/c1-5-25(6-2)22(27)23(16-17-24(3)4,20-13-8-7-9-14-20)18-19-12-10-11-15-21(19)26/h7-15,26H,5-6,16-18H2,1-4H3. The van der Waals surface area contributed by atoms with Crippen LogP contribution in [-0.4, -0.2) is 54.5 Å². The Labute approximate surface area is 163 Å². The maximum absolute atomic E-state index is 13.8. The van der Waals surface area contributed by atoms with E-state index in [0.29, 0.717) is 25.9 Å². The number of likely N-dealkylation sites (N-methyl/N-ethyl adjacent to an activating group) is 1. The third-order valence-electron chi connectivity index (χ3n) is 5.26. The first-order valence-corrected chi connectivity index (χ1v) is 9.71. The van der Waals surface area contributed by atoms with Crippen molar-refractivity contribution < 1.29 is 9.90 Å². The zero-order chi connectivity index (χ0) is 19.9. The van der Waals surface area contributed by atoms with Crippen molar-refractivity contribution in [3.05, 3.63) is 65.7 Å². The largest absolute Gasteiger partial charge is 0.508 e. The minimum absolute atomic E-state index is 0.129. The van der Waals surface area contributed by atoms with Gasteiger partial charge in [-0.1, -0.05) is 48.5 Å². The summed E-state index contributed by atoms with van der Waals surface area (Å²) in [5.41, 5.74) is 1.10. The van der Waals surface area contributed by atoms with E-state index in [1.165, 1.54) is 0 Å². The van der Waals surface area contributed by atoms with Crippen molar-refractivity contribution in [1.82, 2.24) is 9.80 Å². The van der Waals surface area contributed by atoms with Gasteiger partial charge in [0.15, 0.2) is 0 Å². The Kier molecular flexibility index (Phi) is 7.43. The average molecular weight is 369 g/mol. The van der Waals surface area contributed by atoms with Gasteiger partial charge in [-0.15, -0.1) is 0 Å². The van der Waals surface area contributed by atoms with Gasteiger partial charge in [-0.25, -0.2) is 0 Å². The van der Waals surface area contributed by atoms with E-state index in [1.54, 1.807) is 6.07 Å². The Hall–Kier alpha value is -2.33. The molecule has 1 amide bonds. The lowest BCUT2D eigenvalue weighted by Crippen LogP contribution is -2.49. The number of phenols is 1. The van der Waals surface area contributed by atoms with Gasteiger partial charge in [-0.3, -0.25) is 4.79 Å². The van der Waals surface area contributed by atoms with Gasteiger partial charge >= 0.3 is 0 Å². The van der Waals surface area contributed by atoms with Gasteiger partial charge < -0.3 is 14.9 Å². The summed E-state index contributed by atoms with van der Waals surface area (Å²) in [6, 6.07) is 17.4. The smallest absolute Gasteiger partial charge is 0.233 e. The van der Waals surface area contributed by atoms with E-state index in [-0.39, 0.29) is 11.7 Å². The third kappa shape index (κ3) is 4.89. The van der Waals surface area contributed by atoms with Gasteiger partial charge in [-0.05, 0) is 64.5 Å². The third-order valence-corrected chi connectivity index (χ3v) is 5.26. The topological polar surface area (TPSA) is 43.8 Å². The summed E-state index contributed by atoms with van der Waals surface area (Å²) < 4.78 is 0. The summed E-state index contributed by atoms with van der Waals surface area (Å²) >= 11 is 0. The lowest BCUT2D eigenvalue weighted by Gasteiger charge is -2.38. The van der Waals surface area contributed by atoms with Crippen LogP contribution in [0.1, 0.15) is 31.4 Å². The number of rotatable bonds is 9. The van der Waals surface area contributed by atoms with E-state index < -0.39 is 5.41 Å². The predicted molar refractivity (Wildman–Crippen MR) is 111 cm³/mol. The molecule has 146 valence electrons. The first kappa shape index (κ1) is 21.0. The molecule has 0 aliphatic carbocycles. The predicted octanol–water partition coefficient (Wildman–Crippen LogP) is 3.69. The van der Waals surface area contributed by atoms with Crippen LogP contribution in [0.5, 0.6) is 5.75 Å². The second-order valence-corrected chi connectivity index (χ2v) is 7.28. The van der Waals surface area contributed by atoms with Crippen LogP contribution in [0.2, 0.25) is 0 Å². The number of carbonyl (C=O) groups is 1. The molecule has 0 saturated carbocycles. The van der Waals surface area contributed by atoms with Crippen LogP contribution in [0.15, 0.2) is 54.6 Å². The highest BCUT2D eigenvalue weighted by Gasteiger charge is 2.42. The number of para-hydroxylation sites is 1. The highest BCUT2D eigenvalue weighted by molar-refractivity contribution is 5.89. The van der Waals surface area contributed by atoms with E-state index >= 15 is 0 Å². The van der Waals surface area contributed by atoms with Crippen molar-refractivity contribution in [2.75, 3.05) is 33.7 Å². The molecule has 0 heterocycles. The molecule has 0 aliphatic rings. The molecular weight excluding hydrogens is 336 g/mol. The summed E-state index contributed by atoms with van der Waals surface area (Å²) in [6.45, 7) is 6.17. The molecule has 0 radical (unpaired) electrons. The summed E-state index contributed by atoms with van der Waals surface area (Å²) in [4.78, 5) is 17.8. The summed E-state index contributed by atoms with van der Waals surface area (Å²) in [5, 5.41) is 10.4. The fraction of sp³-hybridized carbons (Fsp3) is 0.435. The number of nitrogens with zero attached hydrogens (tertiary/aromatic N) is 2. The molecule has 4 heteroatoms. The highest BCUT2D eigenvalue weighted by atomic mass is 16.3. The SMILES string of the molecule is CCN(CC)C(=O)C(CCN(C)C)(Cc1ccccc1O)c1ccccc1. The second-order valence-electron chi connectivity index (χ2n) is 7.28. The van der Waals surface area contributed by atoms with Crippen molar-refractivity contribution in [2.24, 2.45) is 0 Å². The molecule has 27 heavy (non-hydrogen) atoms. The molecule has 2 aromatic rings. The molecule has 2 rings (SSSR count). The molecule has 0 spiro atoms. The van der Waals surface area contributed by atoms with Crippen LogP contribution in [0.25, 0.3) is 0 Å². The minimum atomic E-state index is -0.712. The Bertz CT molecular complexity index is 726. The number of hydrogen-bond donors (Lipinski definition) is 1. The molecule has 0 saturated heterocycles. The average Bonchev–Trinajstić information content (AvgIpc) is 2.68. The fourth-order valence-electron chi connectivity index (χ4n) is 3.61. The van der Waals surface area contributed by atoms with Crippen LogP contribution in [0, 0.1) is 0 Å². The Morgan fingerprint density at radius 2 is 1.56 bits per heavy atom. The molecule has 2 aromatic carbocycles. The summed E-state index contributed by atoms with van der Waals surface area (Å²) in [7, 11) is 4.05. The van der Waals surface area contributed by atoms with Crippen molar-refractivity contribution in [2.45, 2.75) is 32.1 Å². The van der Waals surface area contributed by atoms with Crippen LogP contribution in [-0.2, 0) is 16.6 Å². The highest BCUT2D eigenvalue weighted by Crippen LogP contribution is 2.37. The molecule has 4 nitrogen and oxygen atoms in total. The number of phenolic OH excluding ortho intramolecular Hbond substituents is 1. The van der Waals surface area contributed by atoms with Crippen LogP contribution < -0.4 is 0 Å². The number of amides is 1. The van der Waals surface area contributed by atoms with Gasteiger partial charge in [0.25, 0.3) is 0 Å². The number of hydrogen-bond acceptors (Lipinski definition) is 3. The molecule has 1 atom stereocenters. The van der Waals surface area contributed by atoms with Crippen molar-refractivity contribution in [1.29, 1.82) is 0 Å². The number of benzene rings is 2. The van der Waals surface area contributed by atoms with Crippen molar-refractivity contribution in [3.8, 4) is 5.75 Å². The first-order valence-electron chi connectivity index (χ1n) is 9.71. The molecular formula is C23H32N2O2. The first-order chi connectivity index (χ1) is 12.9. The second kappa shape index (κ2) is 9.56. The molecule has 1 N–H and O–H groups in total. The monoisotopic (exact) mass is 368 g/mol. The van der Waals surface area contributed by atoms with Gasteiger partial charge in [-0.2, -0.15) is 0 Å². The summed E-state index contributed by atoms with van der Waals surface area (Å²) in [6.07, 6.45) is 1.17. The number of carbonyl (C=O) groups excluding carboxylic acids is 1. The van der Waals surface area contributed by atoms with E-state index in [4.69, 9.17) is 0 Å². The molecule has 0 aromatic heterocycles. The maximum Gasteiger partial charge on any atom is 0.233 e. The lowest BCUT2D eigenvalue weighted by atomic mass is 9.71. The van der Waals surface area contributed by atoms with Crippen LogP contribution >= 0.6 is 0 Å². The summed E-state index contributed by atoms with van der Waals surface area (Å²) in [5.74, 6) is 0.374. The van der Waals surface area contributed by atoms with E-state index in [9.17, 15) is 9.90 Å². The zero-order valence-corrected chi connectivity index (χ0v) is 17.0. The van der Waals surface area contributed by atoms with Gasteiger partial charge in [0.1, 0.15) is 5.75 Å². The Morgan fingerprint density at radius 3 is 2.11 bits per heavy atom. The van der Waals surface area contributed by atoms with E-state index in [0.717, 1.165) is 17.7 Å². The quantitative estimate of drug-likeness (QED) is 0.734. The zero-order valence-electron chi connectivity index (χ0n) is 17.0. The van der Waals surface area contributed by atoms with E-state index in [1.807, 2.05) is 81.4 Å². The molecule has 0 aliphatic heterocycles. The normalized spacial score (nSPS) is 13.4. The minimum Gasteiger partial charge on any atom is -0.508 e. The van der Waals surface area contributed by atoms with E-state index in [2.05, 4.69) is 4.90 Å². The Balaban J connectivity index is 2.60. The molecule has 0 fully saturated rings. The number of aromatic hydroxyl groups is 1. The molecule has 0 bridgehead atoms. The Morgan fingerprint density at radius 1 is 0.963 bits per heavy atom. The van der Waals surface area contributed by atoms with Crippen LogP contribution in [0.4, 0.5) is 0 Å².